The molecule has 11 nitrogen and oxygen atoms in total. The SMILES string of the molecule is CCOC(=O)c1cnn(CCC#N)c1NS(=O)(=O)c1ccc(C)c([N+](=O)[O-])c1. The molecule has 1 aromatic carbocycles. The summed E-state index contributed by atoms with van der Waals surface area (Å²) in [5, 5.41) is 23.8. The number of anilines is 1. The Kier molecular flexibility index (Phi) is 6.32. The van der Waals surface area contributed by atoms with Gasteiger partial charge in [-0.2, -0.15) is 10.4 Å². The topological polar surface area (TPSA) is 157 Å². The van der Waals surface area contributed by atoms with Crippen LogP contribution in [0.15, 0.2) is 29.3 Å². The number of rotatable bonds is 8. The van der Waals surface area contributed by atoms with Gasteiger partial charge in [0.05, 0.1) is 41.7 Å². The monoisotopic (exact) mass is 407 g/mol. The van der Waals surface area contributed by atoms with Crippen LogP contribution in [-0.2, 0) is 21.3 Å². The van der Waals surface area contributed by atoms with E-state index in [-0.39, 0.29) is 41.5 Å². The molecule has 0 aliphatic heterocycles. The van der Waals surface area contributed by atoms with Crippen LogP contribution in [0.25, 0.3) is 0 Å². The van der Waals surface area contributed by atoms with Crippen molar-refractivity contribution in [3.05, 3.63) is 45.6 Å². The minimum atomic E-state index is -4.28. The van der Waals surface area contributed by atoms with Gasteiger partial charge >= 0.3 is 5.97 Å². The maximum atomic E-state index is 12.8. The van der Waals surface area contributed by atoms with E-state index in [9.17, 15) is 23.3 Å². The largest absolute Gasteiger partial charge is 0.462 e. The Hall–Kier alpha value is -3.46. The first-order valence-corrected chi connectivity index (χ1v) is 9.57. The van der Waals surface area contributed by atoms with Gasteiger partial charge in [0.15, 0.2) is 5.82 Å². The van der Waals surface area contributed by atoms with E-state index >= 15 is 0 Å². The van der Waals surface area contributed by atoms with Crippen LogP contribution in [-0.4, -0.2) is 35.7 Å². The molecule has 0 spiro atoms. The number of nitrogens with zero attached hydrogens (tertiary/aromatic N) is 4. The Morgan fingerprint density at radius 1 is 1.46 bits per heavy atom. The molecule has 0 saturated heterocycles. The third kappa shape index (κ3) is 4.44. The predicted octanol–water partition coefficient (Wildman–Crippen LogP) is 1.99. The summed E-state index contributed by atoms with van der Waals surface area (Å²) in [6, 6.07) is 5.35. The van der Waals surface area contributed by atoms with Crippen molar-refractivity contribution >= 4 is 27.5 Å². The second kappa shape index (κ2) is 8.49. The van der Waals surface area contributed by atoms with Crippen molar-refractivity contribution in [3.8, 4) is 6.07 Å². The molecule has 28 heavy (non-hydrogen) atoms. The molecule has 0 bridgehead atoms. The normalized spacial score (nSPS) is 10.9. The minimum Gasteiger partial charge on any atom is -0.462 e. The molecular weight excluding hydrogens is 390 g/mol. The smallest absolute Gasteiger partial charge is 0.343 e. The highest BCUT2D eigenvalue weighted by Gasteiger charge is 2.26. The fourth-order valence-electron chi connectivity index (χ4n) is 2.32. The summed E-state index contributed by atoms with van der Waals surface area (Å²) in [6.45, 7) is 3.17. The molecule has 1 aromatic heterocycles. The van der Waals surface area contributed by atoms with Crippen LogP contribution in [0.1, 0.15) is 29.3 Å². The lowest BCUT2D eigenvalue weighted by atomic mass is 10.2. The fraction of sp³-hybridized carbons (Fsp3) is 0.312. The summed E-state index contributed by atoms with van der Waals surface area (Å²) < 4.78 is 33.8. The molecule has 0 atom stereocenters. The summed E-state index contributed by atoms with van der Waals surface area (Å²) in [5.41, 5.74) is -0.188. The molecule has 2 rings (SSSR count). The zero-order valence-corrected chi connectivity index (χ0v) is 15.9. The average Bonchev–Trinajstić information content (AvgIpc) is 3.02. The quantitative estimate of drug-likeness (QED) is 0.395. The third-order valence-corrected chi connectivity index (χ3v) is 5.03. The van der Waals surface area contributed by atoms with Gasteiger partial charge in [-0.25, -0.2) is 17.9 Å². The first-order valence-electron chi connectivity index (χ1n) is 8.09. The van der Waals surface area contributed by atoms with E-state index in [0.29, 0.717) is 5.56 Å². The maximum absolute atomic E-state index is 12.8. The standard InChI is InChI=1S/C16H17N5O6S/c1-3-27-16(22)13-10-18-20(8-4-7-17)15(13)19-28(25,26)12-6-5-11(2)14(9-12)21(23)24/h5-6,9-10,19H,3-4,8H2,1-2H3. The highest BCUT2D eigenvalue weighted by Crippen LogP contribution is 2.25. The fourth-order valence-corrected chi connectivity index (χ4v) is 3.42. The number of hydrogen-bond acceptors (Lipinski definition) is 8. The lowest BCUT2D eigenvalue weighted by molar-refractivity contribution is -0.385. The van der Waals surface area contributed by atoms with Gasteiger partial charge in [0.25, 0.3) is 15.7 Å². The van der Waals surface area contributed by atoms with Crippen LogP contribution in [0.4, 0.5) is 11.5 Å². The number of hydrogen-bond donors (Lipinski definition) is 1. The molecule has 0 radical (unpaired) electrons. The van der Waals surface area contributed by atoms with E-state index in [4.69, 9.17) is 10.00 Å². The van der Waals surface area contributed by atoms with Crippen LogP contribution < -0.4 is 4.72 Å². The molecule has 0 unspecified atom stereocenters. The number of benzene rings is 1. The van der Waals surface area contributed by atoms with Gasteiger partial charge in [-0.15, -0.1) is 0 Å². The number of nitrogens with one attached hydrogen (secondary N) is 1. The van der Waals surface area contributed by atoms with Crippen molar-refractivity contribution < 1.29 is 22.9 Å². The first kappa shape index (κ1) is 20.8. The summed E-state index contributed by atoms with van der Waals surface area (Å²) in [6.07, 6.45) is 1.15. The van der Waals surface area contributed by atoms with Gasteiger partial charge in [-0.3, -0.25) is 14.8 Å². The molecule has 1 heterocycles. The van der Waals surface area contributed by atoms with Gasteiger partial charge in [0.1, 0.15) is 5.56 Å². The number of nitriles is 1. The van der Waals surface area contributed by atoms with Crippen LogP contribution in [0.3, 0.4) is 0 Å². The molecule has 0 aliphatic carbocycles. The summed E-state index contributed by atoms with van der Waals surface area (Å²) in [7, 11) is -4.28. The number of aryl methyl sites for hydroxylation is 2. The second-order valence-corrected chi connectivity index (χ2v) is 7.25. The van der Waals surface area contributed by atoms with E-state index < -0.39 is 20.9 Å². The van der Waals surface area contributed by atoms with E-state index in [1.807, 2.05) is 6.07 Å². The lowest BCUT2D eigenvalue weighted by Crippen LogP contribution is -2.19. The van der Waals surface area contributed by atoms with Gasteiger partial charge in [0, 0.05) is 11.6 Å². The predicted molar refractivity (Wildman–Crippen MR) is 97.1 cm³/mol. The van der Waals surface area contributed by atoms with Crippen LogP contribution in [0, 0.1) is 28.4 Å². The average molecular weight is 407 g/mol. The number of sulfonamides is 1. The molecule has 2 aromatic rings. The van der Waals surface area contributed by atoms with Gasteiger partial charge in [-0.1, -0.05) is 6.07 Å². The molecular formula is C16H17N5O6S. The Balaban J connectivity index is 2.49. The molecule has 0 saturated carbocycles. The van der Waals surface area contributed by atoms with Crippen molar-refractivity contribution in [1.82, 2.24) is 9.78 Å². The van der Waals surface area contributed by atoms with E-state index in [1.54, 1.807) is 6.92 Å². The zero-order valence-electron chi connectivity index (χ0n) is 15.1. The van der Waals surface area contributed by atoms with Crippen molar-refractivity contribution in [2.75, 3.05) is 11.3 Å². The third-order valence-electron chi connectivity index (χ3n) is 3.69. The highest BCUT2D eigenvalue weighted by atomic mass is 32.2. The molecule has 148 valence electrons. The Labute approximate surface area is 160 Å². The molecule has 12 heteroatoms. The van der Waals surface area contributed by atoms with Crippen LogP contribution in [0.5, 0.6) is 0 Å². The van der Waals surface area contributed by atoms with Gasteiger partial charge in [-0.05, 0) is 19.9 Å². The van der Waals surface area contributed by atoms with E-state index in [2.05, 4.69) is 9.82 Å². The number of aromatic nitrogens is 2. The first-order chi connectivity index (χ1) is 13.2. The summed E-state index contributed by atoms with van der Waals surface area (Å²) in [5.74, 6) is -0.977. The Morgan fingerprint density at radius 3 is 2.79 bits per heavy atom. The molecule has 1 N–H and O–H groups in total. The van der Waals surface area contributed by atoms with Gasteiger partial charge in [0.2, 0.25) is 0 Å². The molecule has 0 aliphatic rings. The van der Waals surface area contributed by atoms with Crippen molar-refractivity contribution in [3.63, 3.8) is 0 Å². The number of esters is 1. The summed E-state index contributed by atoms with van der Waals surface area (Å²) >= 11 is 0. The second-order valence-electron chi connectivity index (χ2n) is 5.57. The van der Waals surface area contributed by atoms with Crippen LogP contribution in [0.2, 0.25) is 0 Å². The lowest BCUT2D eigenvalue weighted by Gasteiger charge is -2.12. The number of nitro benzene ring substituents is 1. The van der Waals surface area contributed by atoms with Crippen LogP contribution >= 0.6 is 0 Å². The Morgan fingerprint density at radius 2 is 2.18 bits per heavy atom. The van der Waals surface area contributed by atoms with E-state index in [1.165, 1.54) is 19.1 Å². The van der Waals surface area contributed by atoms with E-state index in [0.717, 1.165) is 16.9 Å². The maximum Gasteiger partial charge on any atom is 0.343 e. The number of carbonyl (C=O) groups excluding carboxylic acids is 1. The molecule has 0 fully saturated rings. The number of ether oxygens (including phenoxy) is 1. The van der Waals surface area contributed by atoms with Crippen molar-refractivity contribution in [2.45, 2.75) is 31.7 Å². The van der Waals surface area contributed by atoms with Gasteiger partial charge < -0.3 is 4.74 Å². The Bertz CT molecular complexity index is 1050. The highest BCUT2D eigenvalue weighted by molar-refractivity contribution is 7.92. The zero-order chi connectivity index (χ0) is 20.9. The molecule has 0 amide bonds. The number of nitro groups is 1. The van der Waals surface area contributed by atoms with Crippen molar-refractivity contribution in [1.29, 1.82) is 5.26 Å². The minimum absolute atomic E-state index is 0.0225. The van der Waals surface area contributed by atoms with Crippen molar-refractivity contribution in [2.24, 2.45) is 0 Å². The summed E-state index contributed by atoms with van der Waals surface area (Å²) in [4.78, 5) is 22.1. The number of carbonyl (C=O) groups is 1.